The number of para-hydroxylation sites is 1. The number of benzene rings is 3. The SMILES string of the molecule is O=C([O-])c1ccc(NC(=O)c2cn(-c3ccccc3)nc2-c2ccc(F)cc2)cc1. The van der Waals surface area contributed by atoms with Crippen LogP contribution in [-0.4, -0.2) is 21.7 Å². The van der Waals surface area contributed by atoms with E-state index in [1.807, 2.05) is 30.3 Å². The first-order valence-corrected chi connectivity index (χ1v) is 9.05. The van der Waals surface area contributed by atoms with Crippen LogP contribution in [0.3, 0.4) is 0 Å². The Morgan fingerprint density at radius 2 is 1.57 bits per heavy atom. The van der Waals surface area contributed by atoms with Gasteiger partial charge in [0.05, 0.1) is 17.2 Å². The molecule has 30 heavy (non-hydrogen) atoms. The number of rotatable bonds is 5. The molecule has 0 aliphatic rings. The summed E-state index contributed by atoms with van der Waals surface area (Å²) in [4.78, 5) is 23.9. The molecule has 6 nitrogen and oxygen atoms in total. The molecule has 0 unspecified atom stereocenters. The quantitative estimate of drug-likeness (QED) is 0.557. The summed E-state index contributed by atoms with van der Waals surface area (Å²) in [5.74, 6) is -2.12. The Labute approximate surface area is 171 Å². The number of nitrogens with one attached hydrogen (secondary N) is 1. The molecule has 4 rings (SSSR count). The van der Waals surface area contributed by atoms with Crippen LogP contribution >= 0.6 is 0 Å². The van der Waals surface area contributed by atoms with Crippen LogP contribution in [0.5, 0.6) is 0 Å². The molecule has 1 aromatic heterocycles. The molecule has 0 saturated heterocycles. The molecule has 0 fully saturated rings. The second kappa shape index (κ2) is 8.00. The van der Waals surface area contributed by atoms with Crippen molar-refractivity contribution in [2.45, 2.75) is 0 Å². The van der Waals surface area contributed by atoms with Crippen LogP contribution in [-0.2, 0) is 0 Å². The highest BCUT2D eigenvalue weighted by Gasteiger charge is 2.19. The van der Waals surface area contributed by atoms with Gasteiger partial charge in [0.15, 0.2) is 0 Å². The molecule has 0 bridgehead atoms. The van der Waals surface area contributed by atoms with E-state index in [1.54, 1.807) is 23.0 Å². The Bertz CT molecular complexity index is 1200. The zero-order chi connectivity index (χ0) is 21.1. The van der Waals surface area contributed by atoms with E-state index in [4.69, 9.17) is 0 Å². The predicted molar refractivity (Wildman–Crippen MR) is 108 cm³/mol. The summed E-state index contributed by atoms with van der Waals surface area (Å²) in [7, 11) is 0. The lowest BCUT2D eigenvalue weighted by atomic mass is 10.1. The normalized spacial score (nSPS) is 10.6. The van der Waals surface area contributed by atoms with E-state index in [1.165, 1.54) is 36.4 Å². The van der Waals surface area contributed by atoms with Gasteiger partial charge in [0.1, 0.15) is 11.5 Å². The maximum Gasteiger partial charge on any atom is 0.259 e. The van der Waals surface area contributed by atoms with Gasteiger partial charge in [-0.3, -0.25) is 4.79 Å². The number of hydrogen-bond donors (Lipinski definition) is 1. The van der Waals surface area contributed by atoms with Crippen molar-refractivity contribution < 1.29 is 19.1 Å². The van der Waals surface area contributed by atoms with Crippen molar-refractivity contribution in [1.82, 2.24) is 9.78 Å². The summed E-state index contributed by atoms with van der Waals surface area (Å²) in [5, 5.41) is 18.1. The van der Waals surface area contributed by atoms with Crippen LogP contribution in [0, 0.1) is 5.82 Å². The third kappa shape index (κ3) is 3.95. The van der Waals surface area contributed by atoms with Gasteiger partial charge in [-0.05, 0) is 54.1 Å². The predicted octanol–water partition coefficient (Wildman–Crippen LogP) is 3.29. The molecule has 0 aliphatic heterocycles. The second-order valence-corrected chi connectivity index (χ2v) is 6.50. The van der Waals surface area contributed by atoms with Crippen molar-refractivity contribution in [2.75, 3.05) is 5.32 Å². The number of carbonyl (C=O) groups excluding carboxylic acids is 2. The first-order chi connectivity index (χ1) is 14.5. The Hall–Kier alpha value is -4.26. The number of carboxylic acid groups (broad SMARTS) is 1. The number of amides is 1. The molecular weight excluding hydrogens is 385 g/mol. The number of hydrogen-bond acceptors (Lipinski definition) is 4. The zero-order valence-electron chi connectivity index (χ0n) is 15.6. The van der Waals surface area contributed by atoms with E-state index >= 15 is 0 Å². The third-order valence-electron chi connectivity index (χ3n) is 4.48. The van der Waals surface area contributed by atoms with Gasteiger partial charge in [-0.2, -0.15) is 5.10 Å². The second-order valence-electron chi connectivity index (χ2n) is 6.50. The smallest absolute Gasteiger partial charge is 0.259 e. The van der Waals surface area contributed by atoms with E-state index in [2.05, 4.69) is 10.4 Å². The van der Waals surface area contributed by atoms with Crippen molar-refractivity contribution in [3.8, 4) is 16.9 Å². The van der Waals surface area contributed by atoms with E-state index in [0.29, 0.717) is 16.9 Å². The Balaban J connectivity index is 1.71. The summed E-state index contributed by atoms with van der Waals surface area (Å²) in [6, 6.07) is 20.6. The molecule has 7 heteroatoms. The first kappa shape index (κ1) is 19.1. The fraction of sp³-hybridized carbons (Fsp3) is 0. The highest BCUT2D eigenvalue weighted by atomic mass is 19.1. The van der Waals surface area contributed by atoms with Crippen LogP contribution in [0.4, 0.5) is 10.1 Å². The van der Waals surface area contributed by atoms with E-state index in [9.17, 15) is 19.1 Å². The first-order valence-electron chi connectivity index (χ1n) is 9.05. The van der Waals surface area contributed by atoms with Crippen molar-refractivity contribution in [3.05, 3.63) is 102 Å². The van der Waals surface area contributed by atoms with Gasteiger partial charge in [0.25, 0.3) is 5.91 Å². The number of nitrogens with zero attached hydrogens (tertiary/aromatic N) is 2. The van der Waals surface area contributed by atoms with Gasteiger partial charge in [-0.1, -0.05) is 30.3 Å². The lowest BCUT2D eigenvalue weighted by molar-refractivity contribution is -0.255. The average Bonchev–Trinajstić information content (AvgIpc) is 3.21. The van der Waals surface area contributed by atoms with Gasteiger partial charge >= 0.3 is 0 Å². The molecule has 0 aliphatic carbocycles. The summed E-state index contributed by atoms with van der Waals surface area (Å²) in [5.41, 5.74) is 2.46. The number of halogens is 1. The van der Waals surface area contributed by atoms with E-state index in [0.717, 1.165) is 5.69 Å². The fourth-order valence-electron chi connectivity index (χ4n) is 2.96. The Kier molecular flexibility index (Phi) is 5.09. The van der Waals surface area contributed by atoms with Crippen molar-refractivity contribution >= 4 is 17.6 Å². The van der Waals surface area contributed by atoms with Crippen molar-refractivity contribution in [1.29, 1.82) is 0 Å². The zero-order valence-corrected chi connectivity index (χ0v) is 15.6. The highest BCUT2D eigenvalue weighted by Crippen LogP contribution is 2.25. The lowest BCUT2D eigenvalue weighted by Gasteiger charge is -2.07. The molecule has 1 heterocycles. The average molecular weight is 400 g/mol. The number of aromatic carboxylic acids is 1. The van der Waals surface area contributed by atoms with Gasteiger partial charge in [0, 0.05) is 17.4 Å². The highest BCUT2D eigenvalue weighted by molar-refractivity contribution is 6.08. The minimum atomic E-state index is -1.30. The van der Waals surface area contributed by atoms with Crippen LogP contribution < -0.4 is 10.4 Å². The molecule has 4 aromatic rings. The van der Waals surface area contributed by atoms with Crippen molar-refractivity contribution in [2.24, 2.45) is 0 Å². The van der Waals surface area contributed by atoms with Crippen LogP contribution in [0.2, 0.25) is 0 Å². The fourth-order valence-corrected chi connectivity index (χ4v) is 2.96. The molecule has 3 aromatic carbocycles. The molecule has 0 saturated carbocycles. The molecule has 0 radical (unpaired) electrons. The van der Waals surface area contributed by atoms with Crippen LogP contribution in [0.15, 0.2) is 85.1 Å². The van der Waals surface area contributed by atoms with Crippen LogP contribution in [0.1, 0.15) is 20.7 Å². The minimum absolute atomic E-state index is 0.0110. The monoisotopic (exact) mass is 400 g/mol. The lowest BCUT2D eigenvalue weighted by Crippen LogP contribution is -2.22. The van der Waals surface area contributed by atoms with Gasteiger partial charge in [0.2, 0.25) is 0 Å². The minimum Gasteiger partial charge on any atom is -0.545 e. The van der Waals surface area contributed by atoms with Gasteiger partial charge < -0.3 is 15.2 Å². The van der Waals surface area contributed by atoms with E-state index in [-0.39, 0.29) is 16.9 Å². The molecule has 1 amide bonds. The molecule has 1 N–H and O–H groups in total. The summed E-state index contributed by atoms with van der Waals surface area (Å²) in [6.07, 6.45) is 1.60. The summed E-state index contributed by atoms with van der Waals surface area (Å²) in [6.45, 7) is 0. The number of anilines is 1. The van der Waals surface area contributed by atoms with Crippen LogP contribution in [0.25, 0.3) is 16.9 Å². The largest absolute Gasteiger partial charge is 0.545 e. The Morgan fingerprint density at radius 3 is 2.20 bits per heavy atom. The number of carboxylic acids is 1. The maximum atomic E-state index is 13.4. The third-order valence-corrected chi connectivity index (χ3v) is 4.48. The topological polar surface area (TPSA) is 87.0 Å². The molecular formula is C23H15FN3O3-. The summed E-state index contributed by atoms with van der Waals surface area (Å²) >= 11 is 0. The van der Waals surface area contributed by atoms with E-state index < -0.39 is 11.9 Å². The summed E-state index contributed by atoms with van der Waals surface area (Å²) < 4.78 is 14.9. The maximum absolute atomic E-state index is 13.4. The molecule has 0 atom stereocenters. The number of aromatic nitrogens is 2. The van der Waals surface area contributed by atoms with Gasteiger partial charge in [-0.15, -0.1) is 0 Å². The Morgan fingerprint density at radius 1 is 0.900 bits per heavy atom. The standard InChI is InChI=1S/C23H16FN3O3/c24-17-10-6-15(7-11-17)21-20(14-27(26-21)19-4-2-1-3-5-19)22(28)25-18-12-8-16(9-13-18)23(29)30/h1-14H,(H,25,28)(H,29,30)/p-1. The molecule has 148 valence electrons. The van der Waals surface area contributed by atoms with Crippen molar-refractivity contribution in [3.63, 3.8) is 0 Å². The number of carbonyl (C=O) groups is 2. The molecule has 0 spiro atoms. The van der Waals surface area contributed by atoms with Gasteiger partial charge in [-0.25, -0.2) is 9.07 Å².